The molecule has 0 bridgehead atoms. The molecule has 0 radical (unpaired) electrons. The lowest BCUT2D eigenvalue weighted by Crippen LogP contribution is -2.42. The molecule has 0 aliphatic carbocycles. The molecule has 7 heteroatoms. The lowest BCUT2D eigenvalue weighted by atomic mass is 10.0. The number of nitrogens with zero attached hydrogens (tertiary/aromatic N) is 5. The van der Waals surface area contributed by atoms with Crippen LogP contribution in [0.1, 0.15) is 39.2 Å². The quantitative estimate of drug-likeness (QED) is 0.254. The number of piperidine rings is 1. The highest BCUT2D eigenvalue weighted by molar-refractivity contribution is 5.84. The monoisotopic (exact) mass is 533 g/mol. The van der Waals surface area contributed by atoms with E-state index in [-0.39, 0.29) is 0 Å². The van der Waals surface area contributed by atoms with Crippen molar-refractivity contribution in [3.63, 3.8) is 0 Å². The highest BCUT2D eigenvalue weighted by Gasteiger charge is 2.20. The fraction of sp³-hybridized carbons (Fsp3) is 0.303. The second-order valence-corrected chi connectivity index (χ2v) is 9.89. The van der Waals surface area contributed by atoms with Crippen molar-refractivity contribution < 1.29 is 0 Å². The minimum atomic E-state index is 0.449. The third-order valence-corrected chi connectivity index (χ3v) is 7.33. The van der Waals surface area contributed by atoms with Crippen LogP contribution >= 0.6 is 0 Å². The van der Waals surface area contributed by atoms with Crippen LogP contribution in [0, 0.1) is 0 Å². The minimum absolute atomic E-state index is 0.449. The van der Waals surface area contributed by atoms with Crippen molar-refractivity contribution in [1.82, 2.24) is 29.7 Å². The first-order chi connectivity index (χ1) is 19.7. The van der Waals surface area contributed by atoms with E-state index in [1.807, 2.05) is 56.3 Å². The van der Waals surface area contributed by atoms with Gasteiger partial charge in [0, 0.05) is 30.0 Å². The molecule has 1 aliphatic rings. The van der Waals surface area contributed by atoms with Crippen LogP contribution in [0.3, 0.4) is 0 Å². The van der Waals surface area contributed by atoms with E-state index in [1.54, 1.807) is 6.20 Å². The molecule has 0 spiro atoms. The summed E-state index contributed by atoms with van der Waals surface area (Å²) in [5, 5.41) is 3.59. The van der Waals surface area contributed by atoms with Gasteiger partial charge in [0.15, 0.2) is 11.5 Å². The first kappa shape index (κ1) is 27.5. The van der Waals surface area contributed by atoms with Gasteiger partial charge >= 0.3 is 0 Å². The molecule has 3 aromatic heterocycles. The van der Waals surface area contributed by atoms with Gasteiger partial charge in [0.05, 0.1) is 11.3 Å². The van der Waals surface area contributed by atoms with E-state index >= 15 is 0 Å². The molecular weight excluding hydrogens is 494 g/mol. The van der Waals surface area contributed by atoms with Gasteiger partial charge in [-0.15, -0.1) is 0 Å². The van der Waals surface area contributed by atoms with Gasteiger partial charge in [0.1, 0.15) is 11.3 Å². The van der Waals surface area contributed by atoms with Crippen molar-refractivity contribution in [2.24, 2.45) is 0 Å². The Morgan fingerprint density at radius 2 is 1.62 bits per heavy atom. The van der Waals surface area contributed by atoms with E-state index in [4.69, 9.17) is 15.7 Å². The van der Waals surface area contributed by atoms with Gasteiger partial charge in [0.2, 0.25) is 0 Å². The molecule has 2 aromatic carbocycles. The third kappa shape index (κ3) is 5.91. The summed E-state index contributed by atoms with van der Waals surface area (Å²) in [6.07, 6.45) is 4.12. The fourth-order valence-electron chi connectivity index (χ4n) is 5.35. The number of imidazole rings is 1. The van der Waals surface area contributed by atoms with Crippen LogP contribution in [0.2, 0.25) is 0 Å². The predicted molar refractivity (Wildman–Crippen MR) is 165 cm³/mol. The van der Waals surface area contributed by atoms with E-state index in [1.165, 1.54) is 18.4 Å². The lowest BCUT2D eigenvalue weighted by Gasteiger charge is -2.32. The van der Waals surface area contributed by atoms with Crippen molar-refractivity contribution in [1.29, 1.82) is 0 Å². The van der Waals surface area contributed by atoms with E-state index in [0.29, 0.717) is 11.9 Å². The van der Waals surface area contributed by atoms with E-state index in [2.05, 4.69) is 63.1 Å². The molecule has 0 saturated carbocycles. The maximum Gasteiger partial charge on any atom is 0.165 e. The number of pyridine rings is 2. The number of hydrogen-bond acceptors (Lipinski definition) is 6. The zero-order chi connectivity index (χ0) is 27.9. The van der Waals surface area contributed by atoms with Crippen LogP contribution in [0.15, 0.2) is 85.1 Å². The predicted octanol–water partition coefficient (Wildman–Crippen LogP) is 6.33. The summed E-state index contributed by atoms with van der Waals surface area (Å²) in [6.45, 7) is 10.4. The van der Waals surface area contributed by atoms with Crippen LogP contribution in [0.25, 0.3) is 39.5 Å². The highest BCUT2D eigenvalue weighted by atomic mass is 15.1. The Morgan fingerprint density at radius 1 is 0.875 bits per heavy atom. The molecule has 0 amide bonds. The number of likely N-dealkylation sites (tertiary alicyclic amines) is 1. The van der Waals surface area contributed by atoms with Gasteiger partial charge < -0.3 is 11.1 Å². The Labute approximate surface area is 237 Å². The Balaban J connectivity index is 0.00000158. The molecule has 206 valence electrons. The molecule has 40 heavy (non-hydrogen) atoms. The Morgan fingerprint density at radius 3 is 2.33 bits per heavy atom. The molecule has 4 heterocycles. The molecular formula is C33H39N7. The van der Waals surface area contributed by atoms with Gasteiger partial charge in [-0.05, 0) is 74.4 Å². The first-order valence-electron chi connectivity index (χ1n) is 14.4. The third-order valence-electron chi connectivity index (χ3n) is 7.33. The first-order valence-corrected chi connectivity index (χ1v) is 14.4. The number of anilines is 1. The smallest absolute Gasteiger partial charge is 0.165 e. The SMILES string of the molecule is CC.CCNC1CCN(Cc2ccc(-n3c(-c4cccnc4N)nc4ccc(-c5ccccc5)nc43)cc2)CC1. The maximum absolute atomic E-state index is 6.30. The van der Waals surface area contributed by atoms with Crippen molar-refractivity contribution in [3.05, 3.63) is 90.6 Å². The molecule has 0 atom stereocenters. The van der Waals surface area contributed by atoms with Crippen LogP contribution < -0.4 is 11.1 Å². The zero-order valence-corrected chi connectivity index (χ0v) is 23.7. The largest absolute Gasteiger partial charge is 0.383 e. The summed E-state index contributed by atoms with van der Waals surface area (Å²) in [6, 6.07) is 27.5. The van der Waals surface area contributed by atoms with Gasteiger partial charge in [-0.2, -0.15) is 0 Å². The second-order valence-electron chi connectivity index (χ2n) is 9.89. The number of nitrogens with one attached hydrogen (secondary N) is 1. The van der Waals surface area contributed by atoms with Crippen molar-refractivity contribution >= 4 is 17.0 Å². The van der Waals surface area contributed by atoms with Gasteiger partial charge in [-0.25, -0.2) is 15.0 Å². The standard InChI is InChI=1S/C31H33N7.C2H6/c1-2-33-24-16-19-37(20-17-24)21-22-10-12-25(13-11-22)38-30(26-9-6-18-34-29(26)32)36-28-15-14-27(35-31(28)38)23-7-4-3-5-8-23;1-2/h3-15,18,24,33H,2,16-17,19-21H2,1H3,(H2,32,34);1-2H3. The van der Waals surface area contributed by atoms with Crippen LogP contribution in [0.5, 0.6) is 0 Å². The van der Waals surface area contributed by atoms with Gasteiger partial charge in [-0.1, -0.05) is 63.2 Å². The van der Waals surface area contributed by atoms with Crippen LogP contribution in [-0.4, -0.2) is 50.1 Å². The highest BCUT2D eigenvalue weighted by Crippen LogP contribution is 2.32. The average molecular weight is 534 g/mol. The number of aromatic nitrogens is 4. The Hall–Kier alpha value is -4.07. The summed E-state index contributed by atoms with van der Waals surface area (Å²) < 4.78 is 2.10. The van der Waals surface area contributed by atoms with E-state index in [9.17, 15) is 0 Å². The summed E-state index contributed by atoms with van der Waals surface area (Å²) >= 11 is 0. The number of fused-ring (bicyclic) bond motifs is 1. The summed E-state index contributed by atoms with van der Waals surface area (Å²) in [5.74, 6) is 1.19. The topological polar surface area (TPSA) is 84.9 Å². The molecule has 0 unspecified atom stereocenters. The van der Waals surface area contributed by atoms with Crippen molar-refractivity contribution in [3.8, 4) is 28.3 Å². The lowest BCUT2D eigenvalue weighted by molar-refractivity contribution is 0.192. The Kier molecular flexibility index (Phi) is 8.84. The maximum atomic E-state index is 6.30. The molecule has 1 fully saturated rings. The van der Waals surface area contributed by atoms with E-state index in [0.717, 1.165) is 65.7 Å². The molecule has 1 saturated heterocycles. The van der Waals surface area contributed by atoms with Gasteiger partial charge in [0.25, 0.3) is 0 Å². The van der Waals surface area contributed by atoms with Crippen LogP contribution in [-0.2, 0) is 6.54 Å². The molecule has 1 aliphatic heterocycles. The second kappa shape index (κ2) is 12.9. The zero-order valence-electron chi connectivity index (χ0n) is 23.7. The number of nitrogen functional groups attached to an aromatic ring is 1. The van der Waals surface area contributed by atoms with Gasteiger partial charge in [-0.3, -0.25) is 9.47 Å². The molecule has 5 aromatic rings. The average Bonchev–Trinajstić information content (AvgIpc) is 3.39. The molecule has 6 rings (SSSR count). The number of hydrogen-bond donors (Lipinski definition) is 2. The summed E-state index contributed by atoms with van der Waals surface area (Å²) in [4.78, 5) is 16.9. The van der Waals surface area contributed by atoms with Crippen LogP contribution in [0.4, 0.5) is 5.82 Å². The summed E-state index contributed by atoms with van der Waals surface area (Å²) in [7, 11) is 0. The Bertz CT molecular complexity index is 1520. The molecule has 7 nitrogen and oxygen atoms in total. The van der Waals surface area contributed by atoms with E-state index < -0.39 is 0 Å². The van der Waals surface area contributed by atoms with Crippen molar-refractivity contribution in [2.75, 3.05) is 25.4 Å². The van der Waals surface area contributed by atoms with Crippen molar-refractivity contribution in [2.45, 2.75) is 46.2 Å². The minimum Gasteiger partial charge on any atom is -0.383 e. The number of benzene rings is 2. The molecule has 3 N–H and O–H groups in total. The normalized spacial score (nSPS) is 14.2. The number of rotatable bonds is 7. The summed E-state index contributed by atoms with van der Waals surface area (Å²) in [5.41, 5.74) is 13.0. The fourth-order valence-corrected chi connectivity index (χ4v) is 5.35. The number of nitrogens with two attached hydrogens (primary N) is 1.